The Morgan fingerprint density at radius 2 is 1.94 bits per heavy atom. The molecule has 8 heteroatoms. The van der Waals surface area contributed by atoms with Crippen LogP contribution in [0.25, 0.3) is 0 Å². The Bertz CT molecular complexity index is 1350. The average molecular weight is 486 g/mol. The van der Waals surface area contributed by atoms with Crippen LogP contribution in [0, 0.1) is 31.1 Å². The van der Waals surface area contributed by atoms with Gasteiger partial charge in [0.2, 0.25) is 5.82 Å². The van der Waals surface area contributed by atoms with Gasteiger partial charge < -0.3 is 15.0 Å². The number of aromatic nitrogens is 3. The van der Waals surface area contributed by atoms with E-state index in [0.29, 0.717) is 23.7 Å². The highest BCUT2D eigenvalue weighted by Gasteiger charge is 2.31. The summed E-state index contributed by atoms with van der Waals surface area (Å²) in [5.74, 6) is 6.61. The molecule has 36 heavy (non-hydrogen) atoms. The molecular weight excluding hydrogens is 454 g/mol. The van der Waals surface area contributed by atoms with E-state index < -0.39 is 11.9 Å². The van der Waals surface area contributed by atoms with Crippen LogP contribution in [0.4, 0.5) is 5.69 Å². The first-order valence-electron chi connectivity index (χ1n) is 11.9. The van der Waals surface area contributed by atoms with E-state index in [1.807, 2.05) is 65.0 Å². The molecule has 186 valence electrons. The third kappa shape index (κ3) is 5.57. The van der Waals surface area contributed by atoms with Crippen molar-refractivity contribution in [1.82, 2.24) is 20.5 Å². The lowest BCUT2D eigenvalue weighted by atomic mass is 9.97. The van der Waals surface area contributed by atoms with Crippen molar-refractivity contribution < 1.29 is 14.3 Å². The molecule has 0 spiro atoms. The zero-order chi connectivity index (χ0) is 26.0. The molecule has 2 amide bonds. The number of likely N-dealkylation sites (N-methyl/N-ethyl adjacent to an activating group) is 1. The number of H-pyrrole nitrogens is 1. The topological polar surface area (TPSA) is 100 Å². The van der Waals surface area contributed by atoms with Gasteiger partial charge in [0.15, 0.2) is 0 Å². The third-order valence-electron chi connectivity index (χ3n) is 5.97. The Morgan fingerprint density at radius 1 is 1.22 bits per heavy atom. The number of nitrogens with one attached hydrogen (secondary N) is 2. The molecule has 0 radical (unpaired) electrons. The molecule has 1 aliphatic rings. The predicted molar refractivity (Wildman–Crippen MR) is 138 cm³/mol. The lowest BCUT2D eigenvalue weighted by molar-refractivity contribution is -0.120. The maximum absolute atomic E-state index is 13.2. The number of hydrogen-bond donors (Lipinski definition) is 2. The Labute approximate surface area is 211 Å². The number of benzene rings is 2. The summed E-state index contributed by atoms with van der Waals surface area (Å²) < 4.78 is 5.88. The Morgan fingerprint density at radius 3 is 2.64 bits per heavy atom. The highest BCUT2D eigenvalue weighted by molar-refractivity contribution is 6.02. The molecule has 1 unspecified atom stereocenters. The standard InChI is InChI=1S/C28H31N5O3/c1-17-8-7-9-18(2)20(17)15-24-30-25(32-31-24)26(34)29-21-16-36-23-11-10-19(12-13-28(3,4)5)14-22(23)33(6)27(21)35/h7-11,14,21H,15-16H2,1-6H3,(H,29,34)(H,30,31,32). The molecular formula is C28H31N5O3. The van der Waals surface area contributed by atoms with Gasteiger partial charge in [-0.3, -0.25) is 14.7 Å². The molecule has 0 saturated carbocycles. The van der Waals surface area contributed by atoms with Gasteiger partial charge in [-0.15, -0.1) is 5.10 Å². The van der Waals surface area contributed by atoms with Crippen molar-refractivity contribution in [3.05, 3.63) is 70.3 Å². The molecule has 8 nitrogen and oxygen atoms in total. The first-order valence-corrected chi connectivity index (χ1v) is 11.9. The van der Waals surface area contributed by atoms with Crippen molar-refractivity contribution in [2.75, 3.05) is 18.6 Å². The minimum atomic E-state index is -0.889. The summed E-state index contributed by atoms with van der Waals surface area (Å²) in [6.45, 7) is 10.2. The number of nitrogens with zero attached hydrogens (tertiary/aromatic N) is 3. The van der Waals surface area contributed by atoms with E-state index in [-0.39, 0.29) is 23.8 Å². The van der Waals surface area contributed by atoms with Crippen LogP contribution in [-0.2, 0) is 11.2 Å². The number of rotatable bonds is 4. The molecule has 2 aromatic carbocycles. The molecule has 0 fully saturated rings. The van der Waals surface area contributed by atoms with Gasteiger partial charge in [-0.1, -0.05) is 30.0 Å². The van der Waals surface area contributed by atoms with Gasteiger partial charge >= 0.3 is 0 Å². The quantitative estimate of drug-likeness (QED) is 0.551. The van der Waals surface area contributed by atoms with Crippen LogP contribution in [0.5, 0.6) is 5.75 Å². The Hall–Kier alpha value is -4.12. The van der Waals surface area contributed by atoms with Crippen LogP contribution in [0.2, 0.25) is 0 Å². The summed E-state index contributed by atoms with van der Waals surface area (Å²) in [7, 11) is 1.66. The molecule has 2 N–H and O–H groups in total. The lowest BCUT2D eigenvalue weighted by Crippen LogP contribution is -2.49. The van der Waals surface area contributed by atoms with Crippen LogP contribution >= 0.6 is 0 Å². The van der Waals surface area contributed by atoms with Gasteiger partial charge in [0.1, 0.15) is 24.2 Å². The summed E-state index contributed by atoms with van der Waals surface area (Å²) in [5, 5.41) is 9.63. The molecule has 1 aliphatic heterocycles. The zero-order valence-corrected chi connectivity index (χ0v) is 21.5. The summed E-state index contributed by atoms with van der Waals surface area (Å²) in [4.78, 5) is 31.9. The van der Waals surface area contributed by atoms with E-state index in [0.717, 1.165) is 22.3 Å². The maximum atomic E-state index is 13.2. The van der Waals surface area contributed by atoms with Gasteiger partial charge in [-0.2, -0.15) is 0 Å². The van der Waals surface area contributed by atoms with Gasteiger partial charge in [-0.05, 0) is 69.5 Å². The molecule has 3 aromatic rings. The molecule has 0 saturated heterocycles. The molecule has 0 aliphatic carbocycles. The smallest absolute Gasteiger partial charge is 0.291 e. The fourth-order valence-corrected chi connectivity index (χ4v) is 3.93. The molecule has 2 heterocycles. The van der Waals surface area contributed by atoms with E-state index >= 15 is 0 Å². The number of hydrogen-bond acceptors (Lipinski definition) is 5. The van der Waals surface area contributed by atoms with Gasteiger partial charge in [0, 0.05) is 24.4 Å². The summed E-state index contributed by atoms with van der Waals surface area (Å²) >= 11 is 0. The van der Waals surface area contributed by atoms with E-state index in [1.54, 1.807) is 13.1 Å². The monoisotopic (exact) mass is 485 g/mol. The first kappa shape index (κ1) is 25.0. The van der Waals surface area contributed by atoms with Crippen molar-refractivity contribution in [2.24, 2.45) is 5.41 Å². The zero-order valence-electron chi connectivity index (χ0n) is 21.5. The highest BCUT2D eigenvalue weighted by Crippen LogP contribution is 2.31. The van der Waals surface area contributed by atoms with E-state index in [9.17, 15) is 9.59 Å². The van der Waals surface area contributed by atoms with Crippen molar-refractivity contribution in [1.29, 1.82) is 0 Å². The van der Waals surface area contributed by atoms with Crippen LogP contribution in [-0.4, -0.2) is 46.7 Å². The van der Waals surface area contributed by atoms with Gasteiger partial charge in [0.05, 0.1) is 5.69 Å². The van der Waals surface area contributed by atoms with E-state index in [1.165, 1.54) is 4.90 Å². The van der Waals surface area contributed by atoms with E-state index in [2.05, 4.69) is 32.3 Å². The minimum Gasteiger partial charge on any atom is -0.489 e. The predicted octanol–water partition coefficient (Wildman–Crippen LogP) is 3.56. The molecule has 1 atom stereocenters. The number of amides is 2. The number of anilines is 1. The number of aromatic amines is 1. The van der Waals surface area contributed by atoms with Gasteiger partial charge in [0.25, 0.3) is 11.8 Å². The highest BCUT2D eigenvalue weighted by atomic mass is 16.5. The van der Waals surface area contributed by atoms with E-state index in [4.69, 9.17) is 4.74 Å². The Kier molecular flexibility index (Phi) is 6.84. The van der Waals surface area contributed by atoms with Crippen LogP contribution < -0.4 is 15.0 Å². The third-order valence-corrected chi connectivity index (χ3v) is 5.97. The fraction of sp³-hybridized carbons (Fsp3) is 0.357. The van der Waals surface area contributed by atoms with Crippen molar-refractivity contribution >= 4 is 17.5 Å². The number of carbonyl (C=O) groups is 2. The summed E-state index contributed by atoms with van der Waals surface area (Å²) in [6.07, 6.45) is 0.530. The second-order valence-electron chi connectivity index (χ2n) is 10.1. The second-order valence-corrected chi connectivity index (χ2v) is 10.1. The number of aryl methyl sites for hydroxylation is 2. The van der Waals surface area contributed by atoms with Gasteiger partial charge in [-0.25, -0.2) is 4.98 Å². The van der Waals surface area contributed by atoms with Crippen LogP contribution in [0.3, 0.4) is 0 Å². The average Bonchev–Trinajstić information content (AvgIpc) is 3.26. The van der Waals surface area contributed by atoms with Crippen molar-refractivity contribution in [2.45, 2.75) is 47.1 Å². The summed E-state index contributed by atoms with van der Waals surface area (Å²) in [6, 6.07) is 10.7. The van der Waals surface area contributed by atoms with Crippen molar-refractivity contribution in [3.63, 3.8) is 0 Å². The number of ether oxygens (including phenoxy) is 1. The largest absolute Gasteiger partial charge is 0.489 e. The lowest BCUT2D eigenvalue weighted by Gasteiger charge is -2.20. The summed E-state index contributed by atoms with van der Waals surface area (Å²) in [5.41, 5.74) is 4.68. The Balaban J connectivity index is 1.47. The first-order chi connectivity index (χ1) is 17.0. The van der Waals surface area contributed by atoms with Crippen LogP contribution in [0.15, 0.2) is 36.4 Å². The normalized spacial score (nSPS) is 15.3. The minimum absolute atomic E-state index is 0.00534. The molecule has 0 bridgehead atoms. The second kappa shape index (κ2) is 9.86. The number of carbonyl (C=O) groups excluding carboxylic acids is 2. The SMILES string of the molecule is Cc1cccc(C)c1Cc1nc(C(=O)NC2COc3ccc(C#CC(C)(C)C)cc3N(C)C2=O)n[nH]1. The molecule has 1 aromatic heterocycles. The van der Waals surface area contributed by atoms with Crippen molar-refractivity contribution in [3.8, 4) is 17.6 Å². The van der Waals surface area contributed by atoms with Crippen LogP contribution in [0.1, 0.15) is 59.5 Å². The number of fused-ring (bicyclic) bond motifs is 1. The molecule has 4 rings (SSSR count). The fourth-order valence-electron chi connectivity index (χ4n) is 3.93. The maximum Gasteiger partial charge on any atom is 0.291 e.